The number of nitrogens with zero attached hydrogens (tertiary/aromatic N) is 2. The van der Waals surface area contributed by atoms with Gasteiger partial charge in [-0.25, -0.2) is 9.78 Å². The third-order valence-electron chi connectivity index (χ3n) is 6.99. The van der Waals surface area contributed by atoms with Gasteiger partial charge < -0.3 is 24.1 Å². The molecule has 1 aliphatic rings. The van der Waals surface area contributed by atoms with Gasteiger partial charge in [0.15, 0.2) is 16.6 Å². The number of Topliss-reactive ketones (excluding diaryl/α,β-unsaturated/α-hetero) is 1. The summed E-state index contributed by atoms with van der Waals surface area (Å²) in [6, 6.07) is 10.8. The highest BCUT2D eigenvalue weighted by molar-refractivity contribution is 7.17. The second-order valence-electron chi connectivity index (χ2n) is 10.1. The Kier molecular flexibility index (Phi) is 11.0. The molecule has 0 radical (unpaired) electrons. The molecular formula is C33H38N2O8S. The van der Waals surface area contributed by atoms with Crippen molar-refractivity contribution in [3.8, 4) is 17.2 Å². The van der Waals surface area contributed by atoms with E-state index >= 15 is 0 Å². The van der Waals surface area contributed by atoms with Gasteiger partial charge in [-0.1, -0.05) is 56.2 Å². The van der Waals surface area contributed by atoms with Crippen LogP contribution >= 0.6 is 11.3 Å². The number of unbranched alkanes of at least 4 members (excludes halogenated alkanes) is 2. The Morgan fingerprint density at radius 2 is 1.80 bits per heavy atom. The Hall–Kier alpha value is -4.38. The number of methoxy groups -OCH3 is 1. The number of benzene rings is 2. The number of ketones is 1. The molecule has 1 aromatic heterocycles. The van der Waals surface area contributed by atoms with Crippen molar-refractivity contribution in [2.75, 3.05) is 31.8 Å². The van der Waals surface area contributed by atoms with Crippen LogP contribution in [0.5, 0.6) is 17.2 Å². The topological polar surface area (TPSA) is 124 Å². The molecule has 1 saturated heterocycles. The number of ether oxygens (including phenoxy) is 4. The molecule has 2 aromatic carbocycles. The maximum atomic E-state index is 13.7. The fourth-order valence-electron chi connectivity index (χ4n) is 4.83. The van der Waals surface area contributed by atoms with Gasteiger partial charge >= 0.3 is 11.9 Å². The van der Waals surface area contributed by atoms with Crippen LogP contribution < -0.4 is 19.1 Å². The van der Waals surface area contributed by atoms with Gasteiger partial charge in [-0.2, -0.15) is 0 Å². The van der Waals surface area contributed by atoms with Gasteiger partial charge in [0.05, 0.1) is 44.2 Å². The van der Waals surface area contributed by atoms with Gasteiger partial charge in [0.25, 0.3) is 5.78 Å². The second-order valence-corrected chi connectivity index (χ2v) is 11.1. The molecule has 0 spiro atoms. The highest BCUT2D eigenvalue weighted by atomic mass is 32.1. The zero-order chi connectivity index (χ0) is 31.8. The molecule has 1 amide bonds. The van der Waals surface area contributed by atoms with E-state index in [-0.39, 0.29) is 27.9 Å². The number of carbonyl (C=O) groups is 3. The first-order valence-electron chi connectivity index (χ1n) is 14.7. The first kappa shape index (κ1) is 32.5. The number of aryl methyl sites for hydroxylation is 1. The monoisotopic (exact) mass is 622 g/mol. The summed E-state index contributed by atoms with van der Waals surface area (Å²) in [5, 5.41) is 11.7. The summed E-state index contributed by atoms with van der Waals surface area (Å²) in [5.74, 6) is -1.29. The molecular weight excluding hydrogens is 584 g/mol. The molecule has 1 aliphatic heterocycles. The van der Waals surface area contributed by atoms with E-state index in [4.69, 9.17) is 18.9 Å². The lowest BCUT2D eigenvalue weighted by atomic mass is 9.95. The SMILES string of the molecule is CCCCCOc1ccc(C2C(=C(O)c3cccc(OCCC)c3)C(=O)C(=O)N2c2nc(C)c(C(=O)OCC)s2)cc1OC. The van der Waals surface area contributed by atoms with Gasteiger partial charge in [0.2, 0.25) is 0 Å². The van der Waals surface area contributed by atoms with Crippen LogP contribution in [0.1, 0.15) is 79.0 Å². The van der Waals surface area contributed by atoms with Crippen molar-refractivity contribution in [2.24, 2.45) is 0 Å². The standard InChI is InChI=1S/C33H38N2O8S/c1-6-9-10-17-43-24-15-14-21(19-25(24)40-5)27-26(28(36)22-12-11-13-23(18-22)42-16-7-2)29(37)31(38)35(27)33-34-20(4)30(44-33)32(39)41-8-3/h11-15,18-19,27,36H,6-10,16-17H2,1-5H3. The van der Waals surface area contributed by atoms with Crippen LogP contribution in [0.3, 0.4) is 0 Å². The zero-order valence-electron chi connectivity index (χ0n) is 25.7. The highest BCUT2D eigenvalue weighted by Crippen LogP contribution is 2.45. The molecule has 1 N–H and O–H groups in total. The van der Waals surface area contributed by atoms with E-state index < -0.39 is 23.7 Å². The molecule has 3 aromatic rings. The summed E-state index contributed by atoms with van der Waals surface area (Å²) >= 11 is 0.946. The van der Waals surface area contributed by atoms with Gasteiger partial charge in [0.1, 0.15) is 16.4 Å². The number of aromatic nitrogens is 1. The highest BCUT2D eigenvalue weighted by Gasteiger charge is 2.48. The fraction of sp³-hybridized carbons (Fsp3) is 0.394. The number of carbonyl (C=O) groups excluding carboxylic acids is 3. The van der Waals surface area contributed by atoms with Crippen molar-refractivity contribution in [3.05, 3.63) is 69.7 Å². The smallest absolute Gasteiger partial charge is 0.350 e. The van der Waals surface area contributed by atoms with Crippen molar-refractivity contribution in [3.63, 3.8) is 0 Å². The number of rotatable bonds is 14. The Balaban J connectivity index is 1.86. The number of esters is 1. The molecule has 1 atom stereocenters. The number of aliphatic hydroxyl groups is 1. The zero-order valence-corrected chi connectivity index (χ0v) is 26.5. The minimum atomic E-state index is -1.08. The Morgan fingerprint density at radius 3 is 2.50 bits per heavy atom. The molecule has 44 heavy (non-hydrogen) atoms. The van der Waals surface area contributed by atoms with Gasteiger partial charge in [-0.3, -0.25) is 14.5 Å². The molecule has 234 valence electrons. The van der Waals surface area contributed by atoms with Crippen LogP contribution in [0, 0.1) is 6.92 Å². The van der Waals surface area contributed by atoms with Crippen LogP contribution in [-0.4, -0.2) is 54.7 Å². The molecule has 10 nitrogen and oxygen atoms in total. The number of anilines is 1. The summed E-state index contributed by atoms with van der Waals surface area (Å²) in [6.07, 6.45) is 3.76. The first-order chi connectivity index (χ1) is 21.2. The summed E-state index contributed by atoms with van der Waals surface area (Å²) in [4.78, 5) is 45.9. The molecule has 1 unspecified atom stereocenters. The predicted molar refractivity (Wildman–Crippen MR) is 168 cm³/mol. The molecule has 4 rings (SSSR count). The van der Waals surface area contributed by atoms with Crippen LogP contribution in [0.15, 0.2) is 48.0 Å². The van der Waals surface area contributed by atoms with E-state index in [0.29, 0.717) is 47.3 Å². The molecule has 1 fully saturated rings. The second kappa shape index (κ2) is 14.9. The van der Waals surface area contributed by atoms with Crippen molar-refractivity contribution >= 4 is 39.9 Å². The third kappa shape index (κ3) is 6.88. The summed E-state index contributed by atoms with van der Waals surface area (Å²) in [5.41, 5.74) is 1.02. The van der Waals surface area contributed by atoms with Crippen LogP contribution in [0.25, 0.3) is 5.76 Å². The number of thiazole rings is 1. The predicted octanol–water partition coefficient (Wildman–Crippen LogP) is 6.62. The van der Waals surface area contributed by atoms with Crippen molar-refractivity contribution in [1.29, 1.82) is 0 Å². The van der Waals surface area contributed by atoms with E-state index in [2.05, 4.69) is 11.9 Å². The molecule has 11 heteroatoms. The van der Waals surface area contributed by atoms with Crippen LogP contribution in [0.2, 0.25) is 0 Å². The third-order valence-corrected chi connectivity index (χ3v) is 8.12. The quantitative estimate of drug-likeness (QED) is 0.0694. The van der Waals surface area contributed by atoms with E-state index in [0.717, 1.165) is 37.0 Å². The number of hydrogen-bond donors (Lipinski definition) is 1. The largest absolute Gasteiger partial charge is 0.507 e. The van der Waals surface area contributed by atoms with Crippen LogP contribution in [0.4, 0.5) is 5.13 Å². The molecule has 0 bridgehead atoms. The van der Waals surface area contributed by atoms with Crippen LogP contribution in [-0.2, 0) is 14.3 Å². The van der Waals surface area contributed by atoms with Gasteiger partial charge in [0, 0.05) is 5.56 Å². The number of amides is 1. The minimum Gasteiger partial charge on any atom is -0.507 e. The summed E-state index contributed by atoms with van der Waals surface area (Å²) in [6.45, 7) is 8.58. The van der Waals surface area contributed by atoms with Crippen molar-refractivity contribution in [2.45, 2.75) is 59.4 Å². The number of aliphatic hydroxyl groups excluding tert-OH is 1. The summed E-state index contributed by atoms with van der Waals surface area (Å²) in [7, 11) is 1.51. The number of hydrogen-bond acceptors (Lipinski definition) is 10. The lowest BCUT2D eigenvalue weighted by molar-refractivity contribution is -0.132. The first-order valence-corrected chi connectivity index (χ1v) is 15.6. The van der Waals surface area contributed by atoms with E-state index in [1.807, 2.05) is 6.92 Å². The average Bonchev–Trinajstić information content (AvgIpc) is 3.54. The molecule has 0 aliphatic carbocycles. The van der Waals surface area contributed by atoms with Crippen molar-refractivity contribution < 1.29 is 38.4 Å². The maximum Gasteiger partial charge on any atom is 0.350 e. The maximum absolute atomic E-state index is 13.7. The lowest BCUT2D eigenvalue weighted by Gasteiger charge is -2.24. The van der Waals surface area contributed by atoms with Gasteiger partial charge in [-0.05, 0) is 56.5 Å². The minimum absolute atomic E-state index is 0.121. The fourth-order valence-corrected chi connectivity index (χ4v) is 5.82. The Bertz CT molecular complexity index is 1550. The molecule has 0 saturated carbocycles. The average molecular weight is 623 g/mol. The van der Waals surface area contributed by atoms with E-state index in [1.165, 1.54) is 12.0 Å². The Labute approximate surface area is 261 Å². The van der Waals surface area contributed by atoms with Crippen molar-refractivity contribution in [1.82, 2.24) is 4.98 Å². The molecule has 2 heterocycles. The summed E-state index contributed by atoms with van der Waals surface area (Å²) < 4.78 is 22.5. The van der Waals surface area contributed by atoms with Gasteiger partial charge in [-0.15, -0.1) is 0 Å². The normalized spacial score (nSPS) is 15.8. The van der Waals surface area contributed by atoms with E-state index in [1.54, 1.807) is 56.3 Å². The van der Waals surface area contributed by atoms with E-state index in [9.17, 15) is 19.5 Å². The lowest BCUT2D eigenvalue weighted by Crippen LogP contribution is -2.29. The Morgan fingerprint density at radius 1 is 1.00 bits per heavy atom.